The molecule has 7 nitrogen and oxygen atoms in total. The molecule has 1 aliphatic heterocycles. The molecule has 0 saturated carbocycles. The van der Waals surface area contributed by atoms with Gasteiger partial charge >= 0.3 is 5.97 Å². The number of benzene rings is 1. The summed E-state index contributed by atoms with van der Waals surface area (Å²) in [6.07, 6.45) is 0.411. The van der Waals surface area contributed by atoms with E-state index in [2.05, 4.69) is 0 Å². The van der Waals surface area contributed by atoms with Gasteiger partial charge in [0.15, 0.2) is 6.29 Å². The Labute approximate surface area is 141 Å². The summed E-state index contributed by atoms with van der Waals surface area (Å²) >= 11 is 0. The van der Waals surface area contributed by atoms with Crippen LogP contribution in [0.1, 0.15) is 31.2 Å². The number of aliphatic carboxylic acids is 1. The molecule has 1 aliphatic rings. The van der Waals surface area contributed by atoms with Crippen LogP contribution in [0.2, 0.25) is 0 Å². The Balaban J connectivity index is 1.88. The molecule has 1 N–H and O–H groups in total. The van der Waals surface area contributed by atoms with Crippen LogP contribution in [0.5, 0.6) is 0 Å². The van der Waals surface area contributed by atoms with E-state index < -0.39 is 28.5 Å². The minimum atomic E-state index is -3.86. The Morgan fingerprint density at radius 2 is 2.08 bits per heavy atom. The van der Waals surface area contributed by atoms with Crippen molar-refractivity contribution in [2.45, 2.75) is 49.9 Å². The van der Waals surface area contributed by atoms with Gasteiger partial charge in [-0.05, 0) is 31.9 Å². The molecule has 0 spiro atoms. The number of ether oxygens (including phenoxy) is 2. The highest BCUT2D eigenvalue weighted by molar-refractivity contribution is 7.86. The molecule has 8 heteroatoms. The quantitative estimate of drug-likeness (QED) is 0.675. The van der Waals surface area contributed by atoms with Crippen LogP contribution in [0.4, 0.5) is 0 Å². The minimum Gasteiger partial charge on any atom is -0.481 e. The van der Waals surface area contributed by atoms with Crippen LogP contribution in [-0.4, -0.2) is 45.1 Å². The topological polar surface area (TPSA) is 99.1 Å². The molecule has 134 valence electrons. The molecule has 1 heterocycles. The molecule has 2 unspecified atom stereocenters. The van der Waals surface area contributed by atoms with Gasteiger partial charge in [0.05, 0.1) is 24.0 Å². The van der Waals surface area contributed by atoms with Crippen molar-refractivity contribution in [3.63, 3.8) is 0 Å². The minimum absolute atomic E-state index is 0.0722. The number of hydrogen-bond acceptors (Lipinski definition) is 6. The van der Waals surface area contributed by atoms with Crippen molar-refractivity contribution in [3.8, 4) is 0 Å². The fraction of sp³-hybridized carbons (Fsp3) is 0.562. The lowest BCUT2D eigenvalue weighted by atomic mass is 10.2. The first-order valence-electron chi connectivity index (χ1n) is 7.82. The third-order valence-corrected chi connectivity index (χ3v) is 4.95. The highest BCUT2D eigenvalue weighted by Crippen LogP contribution is 2.19. The Morgan fingerprint density at radius 3 is 2.67 bits per heavy atom. The summed E-state index contributed by atoms with van der Waals surface area (Å²) in [5.74, 6) is -1.01. The van der Waals surface area contributed by atoms with Crippen molar-refractivity contribution in [1.82, 2.24) is 0 Å². The third-order valence-electron chi connectivity index (χ3n) is 3.62. The first kappa shape index (κ1) is 18.9. The van der Waals surface area contributed by atoms with E-state index in [-0.39, 0.29) is 24.3 Å². The second kappa shape index (κ2) is 8.57. The summed E-state index contributed by atoms with van der Waals surface area (Å²) in [4.78, 5) is 11.0. The largest absolute Gasteiger partial charge is 0.481 e. The van der Waals surface area contributed by atoms with Crippen LogP contribution in [0, 0.1) is 6.92 Å². The number of carboxylic acid groups (broad SMARTS) is 1. The van der Waals surface area contributed by atoms with Crippen LogP contribution in [0.25, 0.3) is 0 Å². The molecule has 2 rings (SSSR count). The fourth-order valence-corrected chi connectivity index (χ4v) is 3.27. The van der Waals surface area contributed by atoms with Gasteiger partial charge in [0.2, 0.25) is 0 Å². The second-order valence-corrected chi connectivity index (χ2v) is 7.29. The summed E-state index contributed by atoms with van der Waals surface area (Å²) in [7, 11) is -3.86. The van der Waals surface area contributed by atoms with Gasteiger partial charge in [-0.15, -0.1) is 0 Å². The van der Waals surface area contributed by atoms with E-state index in [1.165, 1.54) is 12.1 Å². The Hall–Kier alpha value is -1.48. The summed E-state index contributed by atoms with van der Waals surface area (Å²) in [6.45, 7) is 2.29. The summed E-state index contributed by atoms with van der Waals surface area (Å²) in [5, 5.41) is 8.94. The van der Waals surface area contributed by atoms with Crippen molar-refractivity contribution in [1.29, 1.82) is 0 Å². The third kappa shape index (κ3) is 5.86. The van der Waals surface area contributed by atoms with Crippen LogP contribution >= 0.6 is 0 Å². The van der Waals surface area contributed by atoms with Crippen LogP contribution in [-0.2, 0) is 28.6 Å². The van der Waals surface area contributed by atoms with Gasteiger partial charge in [-0.1, -0.05) is 17.7 Å². The van der Waals surface area contributed by atoms with Crippen molar-refractivity contribution < 1.29 is 32.0 Å². The van der Waals surface area contributed by atoms with Crippen LogP contribution < -0.4 is 0 Å². The lowest BCUT2D eigenvalue weighted by Gasteiger charge is -2.20. The first-order chi connectivity index (χ1) is 11.4. The normalized spacial score (nSPS) is 19.3. The van der Waals surface area contributed by atoms with Crippen LogP contribution in [0.15, 0.2) is 29.2 Å². The first-order valence-corrected chi connectivity index (χ1v) is 9.22. The van der Waals surface area contributed by atoms with Gasteiger partial charge in [-0.2, -0.15) is 8.42 Å². The summed E-state index contributed by atoms with van der Waals surface area (Å²) < 4.78 is 40.1. The maximum absolute atomic E-state index is 12.1. The standard InChI is InChI=1S/C16H22O7S/c1-12-4-6-14(7-5-12)24(19,20)22-10-8-13(11-15(17)18)23-16-3-2-9-21-16/h4-7,13,16H,2-3,8-11H2,1H3,(H,17,18). The zero-order valence-corrected chi connectivity index (χ0v) is 14.3. The van der Waals surface area contributed by atoms with Gasteiger partial charge in [-0.3, -0.25) is 8.98 Å². The Bertz CT molecular complexity index is 633. The number of carbonyl (C=O) groups is 1. The summed E-state index contributed by atoms with van der Waals surface area (Å²) in [6, 6.07) is 6.32. The average Bonchev–Trinajstić information content (AvgIpc) is 2.99. The maximum Gasteiger partial charge on any atom is 0.305 e. The van der Waals surface area contributed by atoms with Gasteiger partial charge in [0.25, 0.3) is 10.1 Å². The van der Waals surface area contributed by atoms with E-state index in [0.717, 1.165) is 12.0 Å². The highest BCUT2D eigenvalue weighted by Gasteiger charge is 2.24. The zero-order chi connectivity index (χ0) is 17.6. The molecular formula is C16H22O7S. The van der Waals surface area contributed by atoms with Crippen molar-refractivity contribution in [2.75, 3.05) is 13.2 Å². The van der Waals surface area contributed by atoms with Gasteiger partial charge in [0, 0.05) is 13.0 Å². The van der Waals surface area contributed by atoms with Gasteiger partial charge < -0.3 is 14.6 Å². The number of aryl methyl sites for hydroxylation is 1. The van der Waals surface area contributed by atoms with Gasteiger partial charge in [-0.25, -0.2) is 0 Å². The lowest BCUT2D eigenvalue weighted by Crippen LogP contribution is -2.26. The molecule has 1 aromatic carbocycles. The molecule has 0 aromatic heterocycles. The van der Waals surface area contributed by atoms with E-state index in [1.54, 1.807) is 12.1 Å². The summed E-state index contributed by atoms with van der Waals surface area (Å²) in [5.41, 5.74) is 0.945. The second-order valence-electron chi connectivity index (χ2n) is 5.68. The monoisotopic (exact) mass is 358 g/mol. The predicted octanol–water partition coefficient (Wildman–Crippen LogP) is 2.09. The van der Waals surface area contributed by atoms with Crippen molar-refractivity contribution in [3.05, 3.63) is 29.8 Å². The van der Waals surface area contributed by atoms with Crippen molar-refractivity contribution in [2.24, 2.45) is 0 Å². The van der Waals surface area contributed by atoms with Crippen molar-refractivity contribution >= 4 is 16.1 Å². The predicted molar refractivity (Wildman–Crippen MR) is 85.0 cm³/mol. The maximum atomic E-state index is 12.1. The molecule has 0 aliphatic carbocycles. The molecule has 0 bridgehead atoms. The van der Waals surface area contributed by atoms with E-state index in [9.17, 15) is 13.2 Å². The molecule has 1 saturated heterocycles. The molecular weight excluding hydrogens is 336 g/mol. The zero-order valence-electron chi connectivity index (χ0n) is 13.5. The molecule has 0 amide bonds. The smallest absolute Gasteiger partial charge is 0.305 e. The number of carboxylic acids is 1. The lowest BCUT2D eigenvalue weighted by molar-refractivity contribution is -0.161. The van der Waals surface area contributed by atoms with E-state index in [1.807, 2.05) is 6.92 Å². The SMILES string of the molecule is Cc1ccc(S(=O)(=O)OCCC(CC(=O)O)OC2CCCO2)cc1. The highest BCUT2D eigenvalue weighted by atomic mass is 32.2. The Morgan fingerprint density at radius 1 is 1.38 bits per heavy atom. The van der Waals surface area contributed by atoms with E-state index in [4.69, 9.17) is 18.8 Å². The van der Waals surface area contributed by atoms with Gasteiger partial charge in [0.1, 0.15) is 0 Å². The average molecular weight is 358 g/mol. The fourth-order valence-electron chi connectivity index (χ4n) is 2.35. The number of hydrogen-bond donors (Lipinski definition) is 1. The van der Waals surface area contributed by atoms with E-state index in [0.29, 0.717) is 13.0 Å². The molecule has 0 radical (unpaired) electrons. The molecule has 2 atom stereocenters. The molecule has 1 aromatic rings. The Kier molecular flexibility index (Phi) is 6.73. The van der Waals surface area contributed by atoms with Crippen LogP contribution in [0.3, 0.4) is 0 Å². The number of rotatable bonds is 9. The molecule has 24 heavy (non-hydrogen) atoms. The molecule has 1 fully saturated rings. The van der Waals surface area contributed by atoms with E-state index >= 15 is 0 Å².